The van der Waals surface area contributed by atoms with Gasteiger partial charge in [0.25, 0.3) is 11.6 Å². The molecule has 0 saturated heterocycles. The highest BCUT2D eigenvalue weighted by molar-refractivity contribution is 5.83. The van der Waals surface area contributed by atoms with Gasteiger partial charge in [-0.15, -0.1) is 10.2 Å². The topological polar surface area (TPSA) is 136 Å². The van der Waals surface area contributed by atoms with Crippen LogP contribution in [0.4, 0.5) is 0 Å². The summed E-state index contributed by atoms with van der Waals surface area (Å²) in [5.41, 5.74) is 3.81. The van der Waals surface area contributed by atoms with Crippen LogP contribution in [-0.4, -0.2) is 51.7 Å². The Morgan fingerprint density at radius 3 is 2.07 bits per heavy atom. The lowest BCUT2D eigenvalue weighted by Crippen LogP contribution is -2.05. The van der Waals surface area contributed by atoms with Gasteiger partial charge in [-0.2, -0.15) is 0 Å². The SMILES string of the molecule is O=C(O)c1ncn(Cc2cccc(-c3ccccc3Cn3cnc(C(=O)O)n3)c2)n1. The van der Waals surface area contributed by atoms with E-state index in [0.717, 1.165) is 22.3 Å². The summed E-state index contributed by atoms with van der Waals surface area (Å²) in [7, 11) is 0. The number of nitrogens with zero attached hydrogens (tertiary/aromatic N) is 6. The second-order valence-electron chi connectivity index (χ2n) is 6.50. The van der Waals surface area contributed by atoms with Crippen LogP contribution in [-0.2, 0) is 13.1 Å². The van der Waals surface area contributed by atoms with Gasteiger partial charge in [0.15, 0.2) is 0 Å². The molecule has 0 amide bonds. The van der Waals surface area contributed by atoms with Crippen LogP contribution >= 0.6 is 0 Å². The van der Waals surface area contributed by atoms with E-state index in [1.165, 1.54) is 22.0 Å². The number of benzene rings is 2. The van der Waals surface area contributed by atoms with E-state index >= 15 is 0 Å². The first-order valence-electron chi connectivity index (χ1n) is 8.92. The molecular weight excluding hydrogens is 388 g/mol. The van der Waals surface area contributed by atoms with Crippen molar-refractivity contribution >= 4 is 11.9 Å². The molecule has 0 atom stereocenters. The van der Waals surface area contributed by atoms with Crippen molar-refractivity contribution in [1.29, 1.82) is 0 Å². The fourth-order valence-corrected chi connectivity index (χ4v) is 3.08. The average Bonchev–Trinajstić information content (AvgIpc) is 3.39. The number of carboxylic acids is 2. The van der Waals surface area contributed by atoms with Crippen molar-refractivity contribution in [3.05, 3.63) is 84.0 Å². The molecule has 2 N–H and O–H groups in total. The normalized spacial score (nSPS) is 10.8. The zero-order valence-corrected chi connectivity index (χ0v) is 15.6. The van der Waals surface area contributed by atoms with Crippen LogP contribution < -0.4 is 0 Å². The lowest BCUT2D eigenvalue weighted by Gasteiger charge is -2.11. The molecule has 0 spiro atoms. The smallest absolute Gasteiger partial charge is 0.375 e. The third-order valence-corrected chi connectivity index (χ3v) is 4.39. The van der Waals surface area contributed by atoms with Crippen molar-refractivity contribution in [2.24, 2.45) is 0 Å². The Morgan fingerprint density at radius 2 is 1.43 bits per heavy atom. The summed E-state index contributed by atoms with van der Waals surface area (Å²) in [5, 5.41) is 25.9. The Balaban J connectivity index is 1.60. The van der Waals surface area contributed by atoms with Gasteiger partial charge in [-0.05, 0) is 28.3 Å². The first-order chi connectivity index (χ1) is 14.5. The second kappa shape index (κ2) is 7.95. The Labute approximate surface area is 170 Å². The van der Waals surface area contributed by atoms with Gasteiger partial charge in [-0.1, -0.05) is 42.5 Å². The molecular formula is C20H16N6O4. The predicted molar refractivity (Wildman–Crippen MR) is 104 cm³/mol. The zero-order chi connectivity index (χ0) is 21.1. The van der Waals surface area contributed by atoms with Gasteiger partial charge < -0.3 is 10.2 Å². The Hall–Kier alpha value is -4.34. The summed E-state index contributed by atoms with van der Waals surface area (Å²) in [5.74, 6) is -2.84. The fourth-order valence-electron chi connectivity index (χ4n) is 3.08. The third-order valence-electron chi connectivity index (χ3n) is 4.39. The molecule has 0 aliphatic heterocycles. The summed E-state index contributed by atoms with van der Waals surface area (Å²) in [6.07, 6.45) is 2.77. The number of hydrogen-bond donors (Lipinski definition) is 2. The van der Waals surface area contributed by atoms with Gasteiger partial charge in [0.05, 0.1) is 13.1 Å². The molecule has 0 bridgehead atoms. The molecule has 4 rings (SSSR count). The van der Waals surface area contributed by atoms with Crippen molar-refractivity contribution in [3.8, 4) is 11.1 Å². The number of hydrogen-bond acceptors (Lipinski definition) is 6. The maximum Gasteiger partial charge on any atom is 0.375 e. The highest BCUT2D eigenvalue weighted by Crippen LogP contribution is 2.25. The highest BCUT2D eigenvalue weighted by Gasteiger charge is 2.12. The lowest BCUT2D eigenvalue weighted by atomic mass is 9.98. The molecule has 30 heavy (non-hydrogen) atoms. The summed E-state index contributed by atoms with van der Waals surface area (Å²) in [6, 6.07) is 15.5. The highest BCUT2D eigenvalue weighted by atomic mass is 16.4. The minimum atomic E-state index is -1.17. The Kier molecular flexibility index (Phi) is 5.04. The number of aromatic carboxylic acids is 2. The standard InChI is InChI=1S/C20H16N6O4/c27-19(28)17-21-11-25(23-17)9-13-4-3-6-14(8-13)16-7-2-1-5-15(16)10-26-12-22-18(24-26)20(29)30/h1-8,11-12H,9-10H2,(H,27,28)(H,29,30). The molecule has 2 heterocycles. The Morgan fingerprint density at radius 1 is 0.800 bits per heavy atom. The molecule has 4 aromatic rings. The molecule has 150 valence electrons. The molecule has 0 aliphatic carbocycles. The first kappa shape index (κ1) is 19.0. The van der Waals surface area contributed by atoms with Gasteiger partial charge >= 0.3 is 11.9 Å². The van der Waals surface area contributed by atoms with Crippen molar-refractivity contribution in [2.75, 3.05) is 0 Å². The number of rotatable bonds is 7. The molecule has 0 radical (unpaired) electrons. The van der Waals surface area contributed by atoms with Crippen LogP contribution in [0.15, 0.2) is 61.2 Å². The molecule has 0 aliphatic rings. The van der Waals surface area contributed by atoms with E-state index in [0.29, 0.717) is 13.1 Å². The van der Waals surface area contributed by atoms with Gasteiger partial charge in [0, 0.05) is 0 Å². The summed E-state index contributed by atoms with van der Waals surface area (Å²) >= 11 is 0. The van der Waals surface area contributed by atoms with Crippen LogP contribution in [0.5, 0.6) is 0 Å². The van der Waals surface area contributed by atoms with Gasteiger partial charge in [0.2, 0.25) is 0 Å². The van der Waals surface area contributed by atoms with E-state index in [4.69, 9.17) is 10.2 Å². The average molecular weight is 404 g/mol. The van der Waals surface area contributed by atoms with E-state index in [9.17, 15) is 9.59 Å². The van der Waals surface area contributed by atoms with Crippen LogP contribution in [0.2, 0.25) is 0 Å². The molecule has 10 heteroatoms. The molecule has 2 aromatic carbocycles. The number of carboxylic acid groups (broad SMARTS) is 2. The largest absolute Gasteiger partial charge is 0.475 e. The van der Waals surface area contributed by atoms with Crippen LogP contribution in [0.3, 0.4) is 0 Å². The predicted octanol–water partition coefficient (Wildman–Crippen LogP) is 2.03. The number of carbonyl (C=O) groups is 2. The number of aromatic nitrogens is 6. The van der Waals surface area contributed by atoms with Crippen molar-refractivity contribution in [3.63, 3.8) is 0 Å². The minimum Gasteiger partial charge on any atom is -0.475 e. The molecule has 0 saturated carbocycles. The van der Waals surface area contributed by atoms with E-state index in [1.54, 1.807) is 0 Å². The Bertz CT molecular complexity index is 1230. The summed E-state index contributed by atoms with van der Waals surface area (Å²) in [6.45, 7) is 0.743. The van der Waals surface area contributed by atoms with Crippen molar-refractivity contribution < 1.29 is 19.8 Å². The van der Waals surface area contributed by atoms with Gasteiger partial charge in [0.1, 0.15) is 12.7 Å². The van der Waals surface area contributed by atoms with Crippen molar-refractivity contribution in [1.82, 2.24) is 29.5 Å². The fraction of sp³-hybridized carbons (Fsp3) is 0.100. The van der Waals surface area contributed by atoms with E-state index in [2.05, 4.69) is 20.2 Å². The van der Waals surface area contributed by atoms with Crippen LogP contribution in [0.25, 0.3) is 11.1 Å². The minimum absolute atomic E-state index is 0.245. The maximum atomic E-state index is 11.0. The van der Waals surface area contributed by atoms with Crippen molar-refractivity contribution in [2.45, 2.75) is 13.1 Å². The molecule has 10 nitrogen and oxygen atoms in total. The summed E-state index contributed by atoms with van der Waals surface area (Å²) in [4.78, 5) is 29.5. The second-order valence-corrected chi connectivity index (χ2v) is 6.50. The third kappa shape index (κ3) is 4.07. The first-order valence-corrected chi connectivity index (χ1v) is 8.92. The summed E-state index contributed by atoms with van der Waals surface area (Å²) < 4.78 is 2.95. The van der Waals surface area contributed by atoms with E-state index < -0.39 is 11.9 Å². The van der Waals surface area contributed by atoms with Crippen LogP contribution in [0.1, 0.15) is 32.4 Å². The lowest BCUT2D eigenvalue weighted by molar-refractivity contribution is 0.0673. The van der Waals surface area contributed by atoms with E-state index in [1.807, 2.05) is 48.5 Å². The maximum absolute atomic E-state index is 11.0. The van der Waals surface area contributed by atoms with E-state index in [-0.39, 0.29) is 11.6 Å². The van der Waals surface area contributed by atoms with Gasteiger partial charge in [-0.3, -0.25) is 0 Å². The monoisotopic (exact) mass is 404 g/mol. The molecule has 0 unspecified atom stereocenters. The molecule has 0 fully saturated rings. The van der Waals surface area contributed by atoms with Crippen LogP contribution in [0, 0.1) is 0 Å². The van der Waals surface area contributed by atoms with Gasteiger partial charge in [-0.25, -0.2) is 28.9 Å². The zero-order valence-electron chi connectivity index (χ0n) is 15.6. The quantitative estimate of drug-likeness (QED) is 0.477. The molecule has 2 aromatic heterocycles.